The van der Waals surface area contributed by atoms with Crippen LogP contribution in [0.25, 0.3) is 0 Å². The van der Waals surface area contributed by atoms with E-state index in [1.54, 1.807) is 6.92 Å². The predicted octanol–water partition coefficient (Wildman–Crippen LogP) is 4.49. The number of rotatable bonds is 6. The Hall–Kier alpha value is -1.68. The van der Waals surface area contributed by atoms with Gasteiger partial charge >= 0.3 is 0 Å². The Morgan fingerprint density at radius 3 is 2.65 bits per heavy atom. The molecule has 3 nitrogen and oxygen atoms in total. The number of Topliss-reactive ketones (excluding diaryl/α,β-unsaturated/α-hetero) is 1. The molecule has 2 atom stereocenters. The zero-order chi connectivity index (χ0) is 18.7. The molecular weight excluding hydrogens is 344 g/mol. The van der Waals surface area contributed by atoms with Crippen LogP contribution in [0.15, 0.2) is 48.5 Å². The number of nitrogens with zero attached hydrogens (tertiary/aromatic N) is 1. The molecule has 1 fully saturated rings. The van der Waals surface area contributed by atoms with Crippen molar-refractivity contribution in [3.8, 4) is 0 Å². The van der Waals surface area contributed by atoms with E-state index in [0.29, 0.717) is 0 Å². The van der Waals surface area contributed by atoms with Gasteiger partial charge in [-0.2, -0.15) is 0 Å². The fourth-order valence-corrected chi connectivity index (χ4v) is 3.96. The lowest BCUT2D eigenvalue weighted by molar-refractivity contribution is -0.122. The normalized spacial score (nSPS) is 21.7. The summed E-state index contributed by atoms with van der Waals surface area (Å²) in [6, 6.07) is 16.6. The molecule has 1 N–H and O–H groups in total. The van der Waals surface area contributed by atoms with E-state index in [4.69, 9.17) is 11.6 Å². The van der Waals surface area contributed by atoms with Gasteiger partial charge in [0.1, 0.15) is 5.78 Å². The molecule has 0 aromatic heterocycles. The highest BCUT2D eigenvalue weighted by molar-refractivity contribution is 6.31. The van der Waals surface area contributed by atoms with Crippen LogP contribution in [0.4, 0.5) is 0 Å². The summed E-state index contributed by atoms with van der Waals surface area (Å²) < 4.78 is 0. The third kappa shape index (κ3) is 3.85. The predicted molar refractivity (Wildman–Crippen MR) is 108 cm³/mol. The van der Waals surface area contributed by atoms with Crippen LogP contribution >= 0.6 is 11.6 Å². The minimum Gasteiger partial charge on any atom is -0.299 e. The summed E-state index contributed by atoms with van der Waals surface area (Å²) in [5.41, 5.74) is 3.03. The SMILES string of the molecule is CC(=O)C1(c2ccccc2)CCN(CNC(C)c2ccc(C)c(Cl)c2)C1. The first kappa shape index (κ1) is 19.1. The van der Waals surface area contributed by atoms with Crippen LogP contribution in [0.3, 0.4) is 0 Å². The highest BCUT2D eigenvalue weighted by Gasteiger charge is 2.43. The molecule has 2 aromatic carbocycles. The van der Waals surface area contributed by atoms with Gasteiger partial charge in [0.25, 0.3) is 0 Å². The summed E-state index contributed by atoms with van der Waals surface area (Å²) in [7, 11) is 0. The van der Waals surface area contributed by atoms with Crippen LogP contribution in [-0.4, -0.2) is 30.4 Å². The second kappa shape index (κ2) is 7.91. The number of carbonyl (C=O) groups is 1. The molecule has 2 unspecified atom stereocenters. The Labute approximate surface area is 161 Å². The minimum atomic E-state index is -0.376. The molecule has 2 aromatic rings. The fourth-order valence-electron chi connectivity index (χ4n) is 3.77. The summed E-state index contributed by atoms with van der Waals surface area (Å²) in [5, 5.41) is 4.37. The molecule has 4 heteroatoms. The molecule has 0 spiro atoms. The molecule has 0 aliphatic carbocycles. The maximum absolute atomic E-state index is 12.5. The van der Waals surface area contributed by atoms with Gasteiger partial charge in [0.2, 0.25) is 0 Å². The molecular formula is C22H27ClN2O. The van der Waals surface area contributed by atoms with Crippen LogP contribution in [-0.2, 0) is 10.2 Å². The van der Waals surface area contributed by atoms with Gasteiger partial charge in [-0.25, -0.2) is 0 Å². The van der Waals surface area contributed by atoms with Gasteiger partial charge in [-0.15, -0.1) is 0 Å². The Bertz CT molecular complexity index is 777. The van der Waals surface area contributed by atoms with Gasteiger partial charge in [0.05, 0.1) is 5.41 Å². The number of carbonyl (C=O) groups excluding carboxylic acids is 1. The molecule has 1 saturated heterocycles. The molecule has 0 saturated carbocycles. The maximum Gasteiger partial charge on any atom is 0.141 e. The van der Waals surface area contributed by atoms with Gasteiger partial charge in [0.15, 0.2) is 0 Å². The van der Waals surface area contributed by atoms with Gasteiger partial charge in [-0.1, -0.05) is 54.1 Å². The van der Waals surface area contributed by atoms with E-state index in [-0.39, 0.29) is 17.2 Å². The Balaban J connectivity index is 1.65. The first-order valence-electron chi connectivity index (χ1n) is 9.21. The lowest BCUT2D eigenvalue weighted by atomic mass is 9.76. The number of likely N-dealkylation sites (tertiary alicyclic amines) is 1. The van der Waals surface area contributed by atoms with Gasteiger partial charge in [0, 0.05) is 30.8 Å². The number of aryl methyl sites for hydroxylation is 1. The number of hydrogen-bond donors (Lipinski definition) is 1. The largest absolute Gasteiger partial charge is 0.299 e. The molecule has 138 valence electrons. The van der Waals surface area contributed by atoms with Crippen molar-refractivity contribution in [2.75, 3.05) is 19.8 Å². The van der Waals surface area contributed by atoms with Gasteiger partial charge in [-0.05, 0) is 49.9 Å². The zero-order valence-electron chi connectivity index (χ0n) is 15.8. The number of nitrogens with one attached hydrogen (secondary N) is 1. The van der Waals surface area contributed by atoms with Gasteiger partial charge in [-0.3, -0.25) is 15.0 Å². The molecule has 3 rings (SSSR count). The topological polar surface area (TPSA) is 32.3 Å². The molecule has 0 radical (unpaired) electrons. The zero-order valence-corrected chi connectivity index (χ0v) is 16.5. The lowest BCUT2D eigenvalue weighted by Gasteiger charge is -2.28. The van der Waals surface area contributed by atoms with Crippen molar-refractivity contribution < 1.29 is 4.79 Å². The Kier molecular flexibility index (Phi) is 5.81. The van der Waals surface area contributed by atoms with E-state index in [0.717, 1.165) is 42.3 Å². The number of halogens is 1. The molecule has 1 heterocycles. The summed E-state index contributed by atoms with van der Waals surface area (Å²) in [4.78, 5) is 14.8. The Morgan fingerprint density at radius 2 is 2.00 bits per heavy atom. The number of hydrogen-bond acceptors (Lipinski definition) is 3. The quantitative estimate of drug-likeness (QED) is 0.813. The minimum absolute atomic E-state index is 0.206. The van der Waals surface area contributed by atoms with Crippen LogP contribution in [0.1, 0.15) is 43.0 Å². The second-order valence-corrected chi connectivity index (χ2v) is 7.81. The average molecular weight is 371 g/mol. The van der Waals surface area contributed by atoms with E-state index < -0.39 is 0 Å². The van der Waals surface area contributed by atoms with Crippen LogP contribution in [0.2, 0.25) is 5.02 Å². The highest BCUT2D eigenvalue weighted by Crippen LogP contribution is 2.35. The summed E-state index contributed by atoms with van der Waals surface area (Å²) in [5.74, 6) is 0.254. The number of ketones is 1. The first-order valence-corrected chi connectivity index (χ1v) is 9.58. The van der Waals surface area contributed by atoms with Crippen LogP contribution in [0, 0.1) is 6.92 Å². The van der Waals surface area contributed by atoms with Crippen molar-refractivity contribution in [3.63, 3.8) is 0 Å². The summed E-state index contributed by atoms with van der Waals surface area (Å²) >= 11 is 6.25. The van der Waals surface area contributed by atoms with E-state index >= 15 is 0 Å². The highest BCUT2D eigenvalue weighted by atomic mass is 35.5. The van der Waals surface area contributed by atoms with E-state index in [1.807, 2.05) is 31.2 Å². The van der Waals surface area contributed by atoms with Crippen LogP contribution < -0.4 is 5.32 Å². The van der Waals surface area contributed by atoms with E-state index in [1.165, 1.54) is 5.56 Å². The smallest absolute Gasteiger partial charge is 0.141 e. The van der Waals surface area contributed by atoms with Gasteiger partial charge < -0.3 is 0 Å². The molecule has 26 heavy (non-hydrogen) atoms. The molecule has 0 bridgehead atoms. The third-order valence-corrected chi connectivity index (χ3v) is 6.07. The third-order valence-electron chi connectivity index (χ3n) is 5.67. The van der Waals surface area contributed by atoms with Crippen molar-refractivity contribution in [3.05, 3.63) is 70.2 Å². The van der Waals surface area contributed by atoms with Crippen molar-refractivity contribution in [1.82, 2.24) is 10.2 Å². The maximum atomic E-state index is 12.5. The average Bonchev–Trinajstić information content (AvgIpc) is 3.08. The monoisotopic (exact) mass is 370 g/mol. The molecule has 0 amide bonds. The first-order chi connectivity index (χ1) is 12.4. The second-order valence-electron chi connectivity index (χ2n) is 7.40. The van der Waals surface area contributed by atoms with E-state index in [2.05, 4.69) is 41.4 Å². The molecule has 1 aliphatic heterocycles. The fraction of sp³-hybridized carbons (Fsp3) is 0.409. The Morgan fingerprint density at radius 1 is 1.27 bits per heavy atom. The van der Waals surface area contributed by atoms with Crippen LogP contribution in [0.5, 0.6) is 0 Å². The molecule has 1 aliphatic rings. The van der Waals surface area contributed by atoms with Crippen molar-refractivity contribution in [2.45, 2.75) is 38.6 Å². The van der Waals surface area contributed by atoms with E-state index in [9.17, 15) is 4.79 Å². The van der Waals surface area contributed by atoms with Crippen molar-refractivity contribution >= 4 is 17.4 Å². The van der Waals surface area contributed by atoms with Crippen molar-refractivity contribution in [1.29, 1.82) is 0 Å². The lowest BCUT2D eigenvalue weighted by Crippen LogP contribution is -2.40. The standard InChI is InChI=1S/C22H27ClN2O/c1-16-9-10-19(13-21(16)23)17(2)24-15-25-12-11-22(14-25,18(3)26)20-7-5-4-6-8-20/h4-10,13,17,24H,11-12,14-15H2,1-3H3. The van der Waals surface area contributed by atoms with Crippen molar-refractivity contribution in [2.24, 2.45) is 0 Å². The number of benzene rings is 2. The summed E-state index contributed by atoms with van der Waals surface area (Å²) in [6.07, 6.45) is 0.874. The summed E-state index contributed by atoms with van der Waals surface area (Å²) in [6.45, 7) is 8.32.